The molecule has 1 amide bonds. The van der Waals surface area contributed by atoms with Crippen LogP contribution < -0.4 is 9.03 Å². The number of hydrogen-bond donors (Lipinski definition) is 2. The summed E-state index contributed by atoms with van der Waals surface area (Å²) in [6.45, 7) is 0.540. The molecule has 5 rings (SSSR count). The molecule has 11 nitrogen and oxygen atoms in total. The topological polar surface area (TPSA) is 143 Å². The molecule has 0 aliphatic carbocycles. The predicted octanol–water partition coefficient (Wildman–Crippen LogP) is 0.310. The van der Waals surface area contributed by atoms with Crippen LogP contribution in [0.5, 0.6) is 5.75 Å². The molecular formula is C21H22FN3O8S2. The maximum absolute atomic E-state index is 15.5. The highest BCUT2D eigenvalue weighted by molar-refractivity contribution is 7.92. The van der Waals surface area contributed by atoms with E-state index in [2.05, 4.69) is 0 Å². The Kier molecular flexibility index (Phi) is 5.96. The Morgan fingerprint density at radius 2 is 2.00 bits per heavy atom. The summed E-state index contributed by atoms with van der Waals surface area (Å²) < 4.78 is 79.8. The molecule has 0 saturated carbocycles. The Labute approximate surface area is 200 Å². The SMILES string of the molecule is O=C1CN(c2c(O)cc3ccc(C4=CCN(S(=O)(=O)CC5COCCO5)C4)cc3c2F)S(=O)(=O)N1. The van der Waals surface area contributed by atoms with Crippen LogP contribution in [0, 0.1) is 5.82 Å². The van der Waals surface area contributed by atoms with Crippen molar-refractivity contribution in [3.05, 3.63) is 41.7 Å². The number of sulfonamides is 1. The number of nitrogens with zero attached hydrogens (tertiary/aromatic N) is 2. The molecule has 2 aromatic rings. The fourth-order valence-electron chi connectivity index (χ4n) is 4.34. The Balaban J connectivity index is 1.42. The van der Waals surface area contributed by atoms with E-state index in [0.29, 0.717) is 34.0 Å². The zero-order valence-corrected chi connectivity index (χ0v) is 19.9. The number of phenols is 1. The summed E-state index contributed by atoms with van der Waals surface area (Å²) in [5, 5.41) is 10.6. The van der Waals surface area contributed by atoms with E-state index < -0.39 is 56.0 Å². The van der Waals surface area contributed by atoms with Gasteiger partial charge >= 0.3 is 10.2 Å². The monoisotopic (exact) mass is 527 g/mol. The van der Waals surface area contributed by atoms with E-state index in [9.17, 15) is 26.7 Å². The number of rotatable bonds is 5. The molecule has 0 spiro atoms. The van der Waals surface area contributed by atoms with E-state index in [1.54, 1.807) is 22.9 Å². The van der Waals surface area contributed by atoms with Gasteiger partial charge < -0.3 is 14.6 Å². The van der Waals surface area contributed by atoms with Gasteiger partial charge in [0, 0.05) is 18.5 Å². The highest BCUT2D eigenvalue weighted by Gasteiger charge is 2.38. The number of hydrogen-bond acceptors (Lipinski definition) is 8. The van der Waals surface area contributed by atoms with Crippen molar-refractivity contribution in [3.8, 4) is 5.75 Å². The number of nitrogens with one attached hydrogen (secondary N) is 1. The van der Waals surface area contributed by atoms with Gasteiger partial charge in [0.15, 0.2) is 5.82 Å². The number of carbonyl (C=O) groups is 1. The van der Waals surface area contributed by atoms with Gasteiger partial charge in [0.25, 0.3) is 5.91 Å². The summed E-state index contributed by atoms with van der Waals surface area (Å²) in [5.74, 6) is -2.70. The molecule has 2 fully saturated rings. The lowest BCUT2D eigenvalue weighted by atomic mass is 10.0. The number of aromatic hydroxyl groups is 1. The van der Waals surface area contributed by atoms with Crippen molar-refractivity contribution in [2.45, 2.75) is 6.10 Å². The minimum absolute atomic E-state index is 0.0137. The van der Waals surface area contributed by atoms with Crippen LogP contribution in [0.15, 0.2) is 30.3 Å². The first-order chi connectivity index (χ1) is 16.5. The number of fused-ring (bicyclic) bond motifs is 1. The Bertz CT molecular complexity index is 1450. The first-order valence-electron chi connectivity index (χ1n) is 10.7. The van der Waals surface area contributed by atoms with Gasteiger partial charge in [-0.15, -0.1) is 0 Å². The average molecular weight is 528 g/mol. The van der Waals surface area contributed by atoms with Gasteiger partial charge in [-0.1, -0.05) is 18.2 Å². The summed E-state index contributed by atoms with van der Waals surface area (Å²) in [6, 6.07) is 5.89. The Hall–Kier alpha value is -2.78. The second-order valence-electron chi connectivity index (χ2n) is 8.40. The summed E-state index contributed by atoms with van der Waals surface area (Å²) >= 11 is 0. The third-order valence-electron chi connectivity index (χ3n) is 6.04. The van der Waals surface area contributed by atoms with Gasteiger partial charge in [0.2, 0.25) is 10.0 Å². The zero-order valence-electron chi connectivity index (χ0n) is 18.3. The molecule has 3 aliphatic heterocycles. The van der Waals surface area contributed by atoms with Crippen LogP contribution in [0.25, 0.3) is 16.3 Å². The lowest BCUT2D eigenvalue weighted by Gasteiger charge is -2.25. The van der Waals surface area contributed by atoms with Gasteiger partial charge in [-0.05, 0) is 28.7 Å². The zero-order chi connectivity index (χ0) is 25.0. The fraction of sp³-hybridized carbons (Fsp3) is 0.381. The van der Waals surface area contributed by atoms with Crippen LogP contribution in [0.4, 0.5) is 10.1 Å². The Morgan fingerprint density at radius 1 is 1.20 bits per heavy atom. The fourth-order valence-corrected chi connectivity index (χ4v) is 7.01. The van der Waals surface area contributed by atoms with Gasteiger partial charge in [-0.3, -0.25) is 4.79 Å². The molecule has 0 aromatic heterocycles. The third-order valence-corrected chi connectivity index (χ3v) is 9.27. The van der Waals surface area contributed by atoms with E-state index in [0.717, 1.165) is 0 Å². The molecule has 1 unspecified atom stereocenters. The van der Waals surface area contributed by atoms with E-state index in [1.165, 1.54) is 16.4 Å². The lowest BCUT2D eigenvalue weighted by Crippen LogP contribution is -2.40. The van der Waals surface area contributed by atoms with Crippen molar-refractivity contribution >= 4 is 48.2 Å². The number of carbonyl (C=O) groups excluding carboxylic acids is 1. The number of ether oxygens (including phenoxy) is 2. The van der Waals surface area contributed by atoms with Crippen molar-refractivity contribution in [2.24, 2.45) is 0 Å². The number of benzene rings is 2. The number of phenolic OH excluding ortho intramolecular Hbond substituents is 1. The molecule has 188 valence electrons. The van der Waals surface area contributed by atoms with E-state index in [-0.39, 0.29) is 30.8 Å². The molecule has 1 atom stereocenters. The van der Waals surface area contributed by atoms with Crippen LogP contribution >= 0.6 is 0 Å². The van der Waals surface area contributed by atoms with Crippen LogP contribution in [-0.4, -0.2) is 83.5 Å². The molecule has 2 N–H and O–H groups in total. The largest absolute Gasteiger partial charge is 0.506 e. The minimum atomic E-state index is -4.33. The Morgan fingerprint density at radius 3 is 2.69 bits per heavy atom. The number of amides is 1. The normalized spacial score (nSPS) is 23.0. The minimum Gasteiger partial charge on any atom is -0.506 e. The smallest absolute Gasteiger partial charge is 0.326 e. The molecule has 35 heavy (non-hydrogen) atoms. The van der Waals surface area contributed by atoms with Crippen molar-refractivity contribution in [1.29, 1.82) is 0 Å². The molecule has 3 aliphatic rings. The predicted molar refractivity (Wildman–Crippen MR) is 124 cm³/mol. The van der Waals surface area contributed by atoms with Crippen LogP contribution in [0.1, 0.15) is 5.56 Å². The van der Waals surface area contributed by atoms with E-state index in [1.807, 2.05) is 0 Å². The van der Waals surface area contributed by atoms with Crippen molar-refractivity contribution in [3.63, 3.8) is 0 Å². The maximum atomic E-state index is 15.5. The van der Waals surface area contributed by atoms with Gasteiger partial charge in [0.1, 0.15) is 18.0 Å². The molecular weight excluding hydrogens is 505 g/mol. The second kappa shape index (κ2) is 8.71. The standard InChI is InChI=1S/C21H22FN3O8S2/c22-20-17-7-13(15-3-4-24(9-15)34(28,29)12-16-11-32-5-6-33-16)1-2-14(17)8-18(26)21(20)25-10-19(27)23-35(25,30)31/h1-3,7-8,16,26H,4-6,9-12H2,(H,23,27). The maximum Gasteiger partial charge on any atom is 0.326 e. The van der Waals surface area contributed by atoms with Crippen molar-refractivity contribution in [1.82, 2.24) is 9.03 Å². The summed E-state index contributed by atoms with van der Waals surface area (Å²) in [5.41, 5.74) is 0.560. The number of anilines is 1. The van der Waals surface area contributed by atoms with Gasteiger partial charge in [-0.25, -0.2) is 21.8 Å². The third kappa shape index (κ3) is 4.47. The van der Waals surface area contributed by atoms with Crippen molar-refractivity contribution < 1.29 is 40.6 Å². The van der Waals surface area contributed by atoms with E-state index >= 15 is 4.39 Å². The number of halogens is 1. The molecule has 14 heteroatoms. The lowest BCUT2D eigenvalue weighted by molar-refractivity contribution is -0.117. The van der Waals surface area contributed by atoms with Crippen LogP contribution in [0.3, 0.4) is 0 Å². The second-order valence-corrected chi connectivity index (χ2v) is 12.0. The first-order valence-corrected chi connectivity index (χ1v) is 13.8. The molecule has 0 radical (unpaired) electrons. The molecule has 2 aromatic carbocycles. The molecule has 0 bridgehead atoms. The summed E-state index contributed by atoms with van der Waals surface area (Å²) in [4.78, 5) is 11.6. The summed E-state index contributed by atoms with van der Waals surface area (Å²) in [6.07, 6.45) is 1.19. The van der Waals surface area contributed by atoms with E-state index in [4.69, 9.17) is 9.47 Å². The molecule has 3 heterocycles. The highest BCUT2D eigenvalue weighted by atomic mass is 32.2. The summed E-state index contributed by atoms with van der Waals surface area (Å²) in [7, 11) is -7.97. The van der Waals surface area contributed by atoms with Gasteiger partial charge in [-0.2, -0.15) is 12.7 Å². The van der Waals surface area contributed by atoms with Crippen LogP contribution in [0.2, 0.25) is 0 Å². The highest BCUT2D eigenvalue weighted by Crippen LogP contribution is 2.39. The van der Waals surface area contributed by atoms with Crippen LogP contribution in [-0.2, 0) is 34.5 Å². The first kappa shape index (κ1) is 23.9. The quantitative estimate of drug-likeness (QED) is 0.566. The molecule has 2 saturated heterocycles. The average Bonchev–Trinajstić information content (AvgIpc) is 3.39. The van der Waals surface area contributed by atoms with Crippen molar-refractivity contribution in [2.75, 3.05) is 49.5 Å². The van der Waals surface area contributed by atoms with Gasteiger partial charge in [0.05, 0.1) is 31.7 Å².